The van der Waals surface area contributed by atoms with Crippen LogP contribution in [0.2, 0.25) is 0 Å². The molecule has 4 rings (SSSR count). The number of hydrogen-bond acceptors (Lipinski definition) is 7. The van der Waals surface area contributed by atoms with Crippen molar-refractivity contribution in [2.45, 2.75) is 33.0 Å². The SMILES string of the molecule is CC(C)c1nc(N(C)S(C)(=O)=O)nc(-c2ccc(F)cc2)c1COCc1cc2ccc(Br)cc2c(=O)o1. The van der Waals surface area contributed by atoms with Crippen LogP contribution in [0.25, 0.3) is 22.0 Å². The lowest BCUT2D eigenvalue weighted by Gasteiger charge is -2.21. The van der Waals surface area contributed by atoms with E-state index in [2.05, 4.69) is 25.9 Å². The van der Waals surface area contributed by atoms with Crippen molar-refractivity contribution in [2.24, 2.45) is 0 Å². The van der Waals surface area contributed by atoms with E-state index in [4.69, 9.17) is 9.15 Å². The standard InChI is InChI=1S/C26H25BrFN3O5S/c1-15(2)23-22(14-35-13-20-11-17-5-8-18(27)12-21(17)25(32)36-20)24(16-6-9-19(28)10-7-16)30-26(29-23)31(3)37(4,33)34/h5-12,15H,13-14H2,1-4H3. The zero-order valence-electron chi connectivity index (χ0n) is 20.7. The monoisotopic (exact) mass is 589 g/mol. The Morgan fingerprint density at radius 1 is 1.08 bits per heavy atom. The van der Waals surface area contributed by atoms with Gasteiger partial charge in [-0.25, -0.2) is 31.9 Å². The van der Waals surface area contributed by atoms with Gasteiger partial charge in [0.25, 0.3) is 0 Å². The molecule has 0 spiro atoms. The molecule has 2 aromatic heterocycles. The summed E-state index contributed by atoms with van der Waals surface area (Å²) >= 11 is 3.35. The van der Waals surface area contributed by atoms with E-state index in [9.17, 15) is 17.6 Å². The average molecular weight is 590 g/mol. The van der Waals surface area contributed by atoms with Gasteiger partial charge in [0.05, 0.1) is 29.6 Å². The van der Waals surface area contributed by atoms with Crippen molar-refractivity contribution < 1.29 is 22.0 Å². The minimum Gasteiger partial charge on any atom is -0.425 e. The van der Waals surface area contributed by atoms with Crippen LogP contribution in [0, 0.1) is 5.82 Å². The molecule has 0 bridgehead atoms. The van der Waals surface area contributed by atoms with Gasteiger partial charge in [0, 0.05) is 22.6 Å². The molecule has 0 fully saturated rings. The second-order valence-corrected chi connectivity index (χ2v) is 11.8. The summed E-state index contributed by atoms with van der Waals surface area (Å²) in [6, 6.07) is 12.8. The molecule has 0 atom stereocenters. The summed E-state index contributed by atoms with van der Waals surface area (Å²) in [6.45, 7) is 3.90. The number of nitrogens with zero attached hydrogens (tertiary/aromatic N) is 3. The first-order valence-electron chi connectivity index (χ1n) is 11.3. The number of fused-ring (bicyclic) bond motifs is 1. The summed E-state index contributed by atoms with van der Waals surface area (Å²) in [5.74, 6) is -0.166. The third-order valence-electron chi connectivity index (χ3n) is 5.74. The highest BCUT2D eigenvalue weighted by atomic mass is 79.9. The van der Waals surface area contributed by atoms with E-state index in [0.717, 1.165) is 20.4 Å². The van der Waals surface area contributed by atoms with Crippen molar-refractivity contribution in [3.05, 3.63) is 86.3 Å². The number of aromatic nitrogens is 2. The highest BCUT2D eigenvalue weighted by molar-refractivity contribution is 9.10. The van der Waals surface area contributed by atoms with Gasteiger partial charge in [0.2, 0.25) is 16.0 Å². The topological polar surface area (TPSA) is 103 Å². The van der Waals surface area contributed by atoms with E-state index in [0.29, 0.717) is 33.7 Å². The third-order valence-corrected chi connectivity index (χ3v) is 7.39. The Balaban J connectivity index is 1.73. The third kappa shape index (κ3) is 6.06. The summed E-state index contributed by atoms with van der Waals surface area (Å²) < 4.78 is 51.2. The maximum atomic E-state index is 13.6. The molecule has 194 valence electrons. The van der Waals surface area contributed by atoms with Gasteiger partial charge in [0.15, 0.2) is 0 Å². The molecule has 0 saturated carbocycles. The number of rotatable bonds is 8. The average Bonchev–Trinajstić information content (AvgIpc) is 2.84. The second kappa shape index (κ2) is 10.7. The Labute approximate surface area is 222 Å². The highest BCUT2D eigenvalue weighted by Crippen LogP contribution is 2.31. The summed E-state index contributed by atoms with van der Waals surface area (Å²) in [4.78, 5) is 21.5. The van der Waals surface area contributed by atoms with Crippen LogP contribution in [0.3, 0.4) is 0 Å². The molecule has 11 heteroatoms. The van der Waals surface area contributed by atoms with Gasteiger partial charge in [-0.1, -0.05) is 35.8 Å². The summed E-state index contributed by atoms with van der Waals surface area (Å²) in [5, 5.41) is 1.18. The molecule has 2 aromatic carbocycles. The predicted octanol–water partition coefficient (Wildman–Crippen LogP) is 5.39. The fourth-order valence-corrected chi connectivity index (χ4v) is 4.52. The van der Waals surface area contributed by atoms with Crippen molar-refractivity contribution in [1.29, 1.82) is 0 Å². The molecule has 37 heavy (non-hydrogen) atoms. The summed E-state index contributed by atoms with van der Waals surface area (Å²) in [7, 11) is -2.25. The largest absolute Gasteiger partial charge is 0.425 e. The Bertz CT molecular complexity index is 1620. The van der Waals surface area contributed by atoms with Gasteiger partial charge in [0.1, 0.15) is 18.2 Å². The number of sulfonamides is 1. The number of anilines is 1. The van der Waals surface area contributed by atoms with E-state index in [1.165, 1.54) is 19.2 Å². The molecule has 0 unspecified atom stereocenters. The van der Waals surface area contributed by atoms with Crippen molar-refractivity contribution in [3.63, 3.8) is 0 Å². The lowest BCUT2D eigenvalue weighted by Crippen LogP contribution is -2.28. The minimum absolute atomic E-state index is 0.000890. The first-order valence-corrected chi connectivity index (χ1v) is 14.0. The first-order chi connectivity index (χ1) is 17.4. The highest BCUT2D eigenvalue weighted by Gasteiger charge is 2.23. The van der Waals surface area contributed by atoms with Crippen molar-refractivity contribution in [1.82, 2.24) is 9.97 Å². The van der Waals surface area contributed by atoms with E-state index >= 15 is 0 Å². The van der Waals surface area contributed by atoms with Crippen molar-refractivity contribution in [3.8, 4) is 11.3 Å². The number of ether oxygens (including phenoxy) is 1. The van der Waals surface area contributed by atoms with Crippen LogP contribution in [-0.2, 0) is 28.0 Å². The molecule has 0 amide bonds. The predicted molar refractivity (Wildman–Crippen MR) is 143 cm³/mol. The lowest BCUT2D eigenvalue weighted by molar-refractivity contribution is 0.0903. The van der Waals surface area contributed by atoms with Crippen LogP contribution in [0.15, 0.2) is 62.2 Å². The zero-order valence-corrected chi connectivity index (χ0v) is 23.1. The van der Waals surface area contributed by atoms with Crippen LogP contribution in [0.5, 0.6) is 0 Å². The molecule has 0 aliphatic rings. The van der Waals surface area contributed by atoms with Crippen LogP contribution >= 0.6 is 15.9 Å². The maximum Gasteiger partial charge on any atom is 0.343 e. The van der Waals surface area contributed by atoms with Gasteiger partial charge >= 0.3 is 5.63 Å². The Kier molecular flexibility index (Phi) is 7.77. The number of halogens is 2. The Hall–Kier alpha value is -3.15. The summed E-state index contributed by atoms with van der Waals surface area (Å²) in [5.41, 5.74) is 1.75. The van der Waals surface area contributed by atoms with Crippen LogP contribution < -0.4 is 9.93 Å². The quantitative estimate of drug-likeness (QED) is 0.271. The molecule has 2 heterocycles. The molecule has 0 radical (unpaired) electrons. The van der Waals surface area contributed by atoms with E-state index in [1.807, 2.05) is 26.0 Å². The summed E-state index contributed by atoms with van der Waals surface area (Å²) in [6.07, 6.45) is 1.07. The van der Waals surface area contributed by atoms with E-state index in [-0.39, 0.29) is 25.1 Å². The molecule has 8 nitrogen and oxygen atoms in total. The van der Waals surface area contributed by atoms with E-state index in [1.54, 1.807) is 24.3 Å². The second-order valence-electron chi connectivity index (χ2n) is 8.85. The van der Waals surface area contributed by atoms with Gasteiger partial charge in [-0.05, 0) is 53.8 Å². The Morgan fingerprint density at radius 2 is 1.78 bits per heavy atom. The lowest BCUT2D eigenvalue weighted by atomic mass is 9.99. The normalized spacial score (nSPS) is 11.9. The zero-order chi connectivity index (χ0) is 26.9. The molecular formula is C26H25BrFN3O5S. The molecule has 0 saturated heterocycles. The van der Waals surface area contributed by atoms with Crippen molar-refractivity contribution in [2.75, 3.05) is 17.6 Å². The Morgan fingerprint density at radius 3 is 2.43 bits per heavy atom. The fraction of sp³-hybridized carbons (Fsp3) is 0.269. The smallest absolute Gasteiger partial charge is 0.343 e. The van der Waals surface area contributed by atoms with E-state index < -0.39 is 21.5 Å². The van der Waals surface area contributed by atoms with Crippen LogP contribution in [-0.4, -0.2) is 31.7 Å². The molecular weight excluding hydrogens is 565 g/mol. The van der Waals surface area contributed by atoms with Crippen LogP contribution in [0.1, 0.15) is 36.8 Å². The van der Waals surface area contributed by atoms with Crippen LogP contribution in [0.4, 0.5) is 10.3 Å². The fourth-order valence-electron chi connectivity index (χ4n) is 3.78. The van der Waals surface area contributed by atoms with Gasteiger partial charge in [-0.15, -0.1) is 0 Å². The van der Waals surface area contributed by atoms with Gasteiger partial charge in [-0.2, -0.15) is 0 Å². The molecule has 0 aliphatic heterocycles. The first kappa shape index (κ1) is 26.9. The number of benzene rings is 2. The van der Waals surface area contributed by atoms with Crippen molar-refractivity contribution >= 4 is 42.7 Å². The minimum atomic E-state index is -3.62. The van der Waals surface area contributed by atoms with Gasteiger partial charge in [-0.3, -0.25) is 0 Å². The van der Waals surface area contributed by atoms with Gasteiger partial charge < -0.3 is 9.15 Å². The molecule has 0 N–H and O–H groups in total. The molecule has 0 aliphatic carbocycles. The molecule has 4 aromatic rings. The number of hydrogen-bond donors (Lipinski definition) is 0. The maximum absolute atomic E-state index is 13.6.